The largest absolute Gasteiger partial charge is 0.433 e. The lowest BCUT2D eigenvalue weighted by atomic mass is 10.0. The van der Waals surface area contributed by atoms with Crippen molar-refractivity contribution in [3.63, 3.8) is 0 Å². The van der Waals surface area contributed by atoms with Gasteiger partial charge in [-0.25, -0.2) is 9.97 Å². The van der Waals surface area contributed by atoms with Gasteiger partial charge in [0.15, 0.2) is 11.5 Å². The predicted octanol–water partition coefficient (Wildman–Crippen LogP) is 1.99. The second kappa shape index (κ2) is 4.72. The molecule has 0 amide bonds. The topological polar surface area (TPSA) is 47.0 Å². The molecular weight excluding hydrogens is 259 g/mol. The summed E-state index contributed by atoms with van der Waals surface area (Å²) >= 11 is 0. The van der Waals surface area contributed by atoms with E-state index in [1.807, 2.05) is 0 Å². The van der Waals surface area contributed by atoms with Gasteiger partial charge in [0.05, 0.1) is 5.69 Å². The quantitative estimate of drug-likeness (QED) is 0.850. The van der Waals surface area contributed by atoms with Crippen molar-refractivity contribution in [2.24, 2.45) is 0 Å². The first-order valence-electron chi connectivity index (χ1n) is 6.35. The van der Waals surface area contributed by atoms with Crippen LogP contribution in [0.15, 0.2) is 0 Å². The molecular formula is C12H14F3N3O. The molecule has 19 heavy (non-hydrogen) atoms. The number of hydrogen-bond donors (Lipinski definition) is 1. The van der Waals surface area contributed by atoms with E-state index in [1.54, 1.807) is 0 Å². The number of alkyl halides is 3. The van der Waals surface area contributed by atoms with Crippen LogP contribution in [0.2, 0.25) is 0 Å². The van der Waals surface area contributed by atoms with Crippen LogP contribution in [-0.4, -0.2) is 23.1 Å². The molecule has 104 valence electrons. The number of halogens is 3. The number of aromatic nitrogens is 2. The van der Waals surface area contributed by atoms with Gasteiger partial charge in [0, 0.05) is 31.7 Å². The first-order valence-corrected chi connectivity index (χ1v) is 6.35. The van der Waals surface area contributed by atoms with E-state index in [2.05, 4.69) is 15.3 Å². The highest BCUT2D eigenvalue weighted by Gasteiger charge is 2.39. The Morgan fingerprint density at radius 2 is 2.11 bits per heavy atom. The normalized spacial score (nSPS) is 23.4. The van der Waals surface area contributed by atoms with Crippen molar-refractivity contribution >= 4 is 0 Å². The number of hydrogen-bond acceptors (Lipinski definition) is 4. The van der Waals surface area contributed by atoms with Gasteiger partial charge >= 0.3 is 6.18 Å². The summed E-state index contributed by atoms with van der Waals surface area (Å²) in [5.41, 5.74) is -0.123. The fourth-order valence-electron chi connectivity index (χ4n) is 2.52. The van der Waals surface area contributed by atoms with Crippen molar-refractivity contribution in [3.8, 4) is 0 Å². The predicted molar refractivity (Wildman–Crippen MR) is 60.4 cm³/mol. The summed E-state index contributed by atoms with van der Waals surface area (Å²) in [6.07, 6.45) is -2.80. The number of nitrogens with zero attached hydrogens (tertiary/aromatic N) is 2. The Bertz CT molecular complexity index is 484. The molecule has 2 aliphatic heterocycles. The van der Waals surface area contributed by atoms with Crippen LogP contribution in [-0.2, 0) is 23.9 Å². The SMILES string of the molecule is FC(F)(F)c1nc(C2CCCO2)nc2c1CNCC2. The number of fused-ring (bicyclic) bond motifs is 1. The number of nitrogens with one attached hydrogen (secondary N) is 1. The first kappa shape index (κ1) is 12.8. The molecule has 1 aromatic heterocycles. The summed E-state index contributed by atoms with van der Waals surface area (Å²) in [7, 11) is 0. The molecule has 1 fully saturated rings. The van der Waals surface area contributed by atoms with Crippen LogP contribution in [0.5, 0.6) is 0 Å². The van der Waals surface area contributed by atoms with Crippen molar-refractivity contribution in [3.05, 3.63) is 22.8 Å². The van der Waals surface area contributed by atoms with Crippen molar-refractivity contribution in [2.75, 3.05) is 13.2 Å². The molecule has 0 bridgehead atoms. The van der Waals surface area contributed by atoms with Gasteiger partial charge in [-0.3, -0.25) is 0 Å². The van der Waals surface area contributed by atoms with Crippen LogP contribution in [0.3, 0.4) is 0 Å². The average Bonchev–Trinajstić information content (AvgIpc) is 2.90. The standard InChI is InChI=1S/C12H14F3N3O/c13-12(14,15)10-7-6-16-4-3-8(7)17-11(18-10)9-2-1-5-19-9/h9,16H,1-6H2. The van der Waals surface area contributed by atoms with Gasteiger partial charge in [-0.15, -0.1) is 0 Å². The Labute approximate surface area is 108 Å². The summed E-state index contributed by atoms with van der Waals surface area (Å²) in [6.45, 7) is 1.39. The molecule has 1 N–H and O–H groups in total. The van der Waals surface area contributed by atoms with Crippen LogP contribution in [0.1, 0.15) is 41.7 Å². The monoisotopic (exact) mass is 273 g/mol. The van der Waals surface area contributed by atoms with Crippen molar-refractivity contribution in [2.45, 2.75) is 38.1 Å². The Balaban J connectivity index is 2.07. The van der Waals surface area contributed by atoms with Gasteiger partial charge in [0.2, 0.25) is 0 Å². The van der Waals surface area contributed by atoms with E-state index < -0.39 is 11.9 Å². The maximum Gasteiger partial charge on any atom is 0.433 e. The molecule has 0 saturated carbocycles. The summed E-state index contributed by atoms with van der Waals surface area (Å²) < 4.78 is 44.6. The van der Waals surface area contributed by atoms with Gasteiger partial charge in [-0.1, -0.05) is 0 Å². The van der Waals surface area contributed by atoms with E-state index in [4.69, 9.17) is 4.74 Å². The Morgan fingerprint density at radius 1 is 1.26 bits per heavy atom. The molecule has 3 heterocycles. The van der Waals surface area contributed by atoms with Crippen LogP contribution in [0.25, 0.3) is 0 Å². The van der Waals surface area contributed by atoms with Gasteiger partial charge < -0.3 is 10.1 Å². The molecule has 2 aliphatic rings. The fraction of sp³-hybridized carbons (Fsp3) is 0.667. The zero-order valence-electron chi connectivity index (χ0n) is 10.3. The maximum atomic E-state index is 13.1. The van der Waals surface area contributed by atoms with Crippen molar-refractivity contribution < 1.29 is 17.9 Å². The van der Waals surface area contributed by atoms with Crippen molar-refractivity contribution in [1.29, 1.82) is 0 Å². The van der Waals surface area contributed by atoms with Gasteiger partial charge in [-0.2, -0.15) is 13.2 Å². The Morgan fingerprint density at radius 3 is 2.79 bits per heavy atom. The molecule has 4 nitrogen and oxygen atoms in total. The minimum atomic E-state index is -4.45. The average molecular weight is 273 g/mol. The molecule has 0 aliphatic carbocycles. The third-order valence-corrected chi connectivity index (χ3v) is 3.44. The van der Waals surface area contributed by atoms with E-state index in [0.29, 0.717) is 31.7 Å². The summed E-state index contributed by atoms with van der Waals surface area (Å²) in [5.74, 6) is 0.186. The van der Waals surface area contributed by atoms with Crippen molar-refractivity contribution in [1.82, 2.24) is 15.3 Å². The number of ether oxygens (including phenoxy) is 1. The zero-order chi connectivity index (χ0) is 13.5. The molecule has 0 spiro atoms. The molecule has 1 atom stereocenters. The van der Waals surface area contributed by atoms with Gasteiger partial charge in [0.25, 0.3) is 0 Å². The molecule has 1 saturated heterocycles. The highest BCUT2D eigenvalue weighted by atomic mass is 19.4. The fourth-order valence-corrected chi connectivity index (χ4v) is 2.52. The first-order chi connectivity index (χ1) is 9.05. The lowest BCUT2D eigenvalue weighted by molar-refractivity contribution is -0.142. The number of rotatable bonds is 1. The summed E-state index contributed by atoms with van der Waals surface area (Å²) in [5, 5.41) is 2.93. The van der Waals surface area contributed by atoms with E-state index in [0.717, 1.165) is 6.42 Å². The van der Waals surface area contributed by atoms with E-state index >= 15 is 0 Å². The molecule has 0 radical (unpaired) electrons. The molecule has 3 rings (SSSR count). The van der Waals surface area contributed by atoms with Gasteiger partial charge in [0.1, 0.15) is 6.10 Å². The maximum absolute atomic E-state index is 13.1. The second-order valence-electron chi connectivity index (χ2n) is 4.78. The Kier molecular flexibility index (Phi) is 3.18. The summed E-state index contributed by atoms with van der Waals surface area (Å²) in [6, 6.07) is 0. The highest BCUT2D eigenvalue weighted by Crippen LogP contribution is 2.35. The lowest BCUT2D eigenvalue weighted by Crippen LogP contribution is -2.30. The van der Waals surface area contributed by atoms with Crippen LogP contribution >= 0.6 is 0 Å². The third kappa shape index (κ3) is 2.44. The lowest BCUT2D eigenvalue weighted by Gasteiger charge is -2.22. The third-order valence-electron chi connectivity index (χ3n) is 3.44. The van der Waals surface area contributed by atoms with E-state index in [1.165, 1.54) is 0 Å². The van der Waals surface area contributed by atoms with E-state index in [9.17, 15) is 13.2 Å². The van der Waals surface area contributed by atoms with Crippen LogP contribution in [0, 0.1) is 0 Å². The minimum absolute atomic E-state index is 0.177. The second-order valence-corrected chi connectivity index (χ2v) is 4.78. The highest BCUT2D eigenvalue weighted by molar-refractivity contribution is 5.30. The Hall–Kier alpha value is -1.21. The molecule has 7 heteroatoms. The molecule has 1 unspecified atom stereocenters. The molecule has 0 aromatic carbocycles. The molecule has 1 aromatic rings. The van der Waals surface area contributed by atoms with Crippen LogP contribution < -0.4 is 5.32 Å². The smallest absolute Gasteiger partial charge is 0.370 e. The minimum Gasteiger partial charge on any atom is -0.370 e. The zero-order valence-corrected chi connectivity index (χ0v) is 10.3. The van der Waals surface area contributed by atoms with Gasteiger partial charge in [-0.05, 0) is 12.8 Å². The summed E-state index contributed by atoms with van der Waals surface area (Å²) in [4.78, 5) is 8.03. The van der Waals surface area contributed by atoms with E-state index in [-0.39, 0.29) is 24.0 Å². The van der Waals surface area contributed by atoms with Crippen LogP contribution in [0.4, 0.5) is 13.2 Å².